The van der Waals surface area contributed by atoms with Crippen LogP contribution < -0.4 is 0 Å². The molecule has 0 N–H and O–H groups in total. The van der Waals surface area contributed by atoms with E-state index in [1.54, 1.807) is 0 Å². The maximum atomic E-state index is 2.39. The molecule has 1 heteroatoms. The van der Waals surface area contributed by atoms with Gasteiger partial charge in [-0.2, -0.15) is 0 Å². The van der Waals surface area contributed by atoms with E-state index in [0.29, 0.717) is 0 Å². The summed E-state index contributed by atoms with van der Waals surface area (Å²) in [5.41, 5.74) is 8.65. The molecule has 182 valence electrons. The lowest BCUT2D eigenvalue weighted by atomic mass is 9.90. The first-order valence-electron chi connectivity index (χ1n) is 13.5. The van der Waals surface area contributed by atoms with E-state index in [4.69, 9.17) is 0 Å². The normalized spacial score (nSPS) is 11.6. The Balaban J connectivity index is 1.39. The summed E-state index contributed by atoms with van der Waals surface area (Å²) in [6, 6.07) is 55.0. The van der Waals surface area contributed by atoms with Crippen LogP contribution in [0.25, 0.3) is 71.3 Å². The average molecular weight is 496 g/mol. The molecule has 0 radical (unpaired) electrons. The van der Waals surface area contributed by atoms with Crippen molar-refractivity contribution in [3.05, 3.63) is 152 Å². The third-order valence-electron chi connectivity index (χ3n) is 8.00. The first-order chi connectivity index (χ1) is 19.4. The molecule has 0 fully saturated rings. The summed E-state index contributed by atoms with van der Waals surface area (Å²) in [5, 5.41) is 7.64. The van der Waals surface area contributed by atoms with Gasteiger partial charge in [-0.25, -0.2) is 0 Å². The highest BCUT2D eigenvalue weighted by Crippen LogP contribution is 2.40. The summed E-state index contributed by atoms with van der Waals surface area (Å²) in [4.78, 5) is 0. The quantitative estimate of drug-likeness (QED) is 0.230. The number of hydrogen-bond donors (Lipinski definition) is 0. The van der Waals surface area contributed by atoms with Crippen molar-refractivity contribution in [1.82, 2.24) is 4.57 Å². The summed E-state index contributed by atoms with van der Waals surface area (Å²) in [5.74, 6) is 0. The van der Waals surface area contributed by atoms with Crippen molar-refractivity contribution in [2.45, 2.75) is 0 Å². The van der Waals surface area contributed by atoms with Crippen LogP contribution in [0.15, 0.2) is 152 Å². The van der Waals surface area contributed by atoms with E-state index in [9.17, 15) is 0 Å². The van der Waals surface area contributed by atoms with E-state index in [2.05, 4.69) is 156 Å². The second kappa shape index (κ2) is 8.72. The number of rotatable bonds is 3. The predicted octanol–water partition coefficient (Wildman–Crippen LogP) is 10.4. The minimum absolute atomic E-state index is 1.18. The van der Waals surface area contributed by atoms with Crippen LogP contribution in [-0.2, 0) is 0 Å². The van der Waals surface area contributed by atoms with Crippen LogP contribution in [-0.4, -0.2) is 4.57 Å². The Labute approximate surface area is 227 Å². The standard InChI is InChI=1S/C38H25N/c1-2-13-28(14-3-1)39-37-20-9-8-18-35(37)36-22-21-27(25-38(36)39)30-23-24-34(33-17-7-6-16-31(30)33)32-19-10-12-26-11-4-5-15-29(26)32/h1-25H. The fourth-order valence-corrected chi connectivity index (χ4v) is 6.24. The Bertz CT molecular complexity index is 2160. The molecule has 0 amide bonds. The molecule has 0 atom stereocenters. The van der Waals surface area contributed by atoms with Gasteiger partial charge in [-0.15, -0.1) is 0 Å². The number of aromatic nitrogens is 1. The molecule has 1 nitrogen and oxygen atoms in total. The Kier molecular flexibility index (Phi) is 4.89. The van der Waals surface area contributed by atoms with Gasteiger partial charge in [0.1, 0.15) is 0 Å². The lowest BCUT2D eigenvalue weighted by Crippen LogP contribution is -1.93. The molecule has 0 aliphatic heterocycles. The van der Waals surface area contributed by atoms with Crippen molar-refractivity contribution < 1.29 is 0 Å². The van der Waals surface area contributed by atoms with Gasteiger partial charge in [0.05, 0.1) is 11.0 Å². The lowest BCUT2D eigenvalue weighted by molar-refractivity contribution is 1.18. The molecule has 0 bridgehead atoms. The van der Waals surface area contributed by atoms with Crippen LogP contribution in [0.4, 0.5) is 0 Å². The van der Waals surface area contributed by atoms with Crippen molar-refractivity contribution in [3.8, 4) is 27.9 Å². The molecule has 39 heavy (non-hydrogen) atoms. The Hall–Kier alpha value is -5.14. The monoisotopic (exact) mass is 495 g/mol. The van der Waals surface area contributed by atoms with Crippen molar-refractivity contribution in [2.24, 2.45) is 0 Å². The van der Waals surface area contributed by atoms with Gasteiger partial charge in [0, 0.05) is 16.5 Å². The maximum absolute atomic E-state index is 2.39. The second-order valence-corrected chi connectivity index (χ2v) is 10.2. The van der Waals surface area contributed by atoms with Crippen LogP contribution in [0.2, 0.25) is 0 Å². The van der Waals surface area contributed by atoms with E-state index in [-0.39, 0.29) is 0 Å². The third-order valence-corrected chi connectivity index (χ3v) is 8.00. The molecule has 7 aromatic carbocycles. The highest BCUT2D eigenvalue weighted by Gasteiger charge is 2.15. The van der Waals surface area contributed by atoms with Gasteiger partial charge in [-0.1, -0.05) is 127 Å². The lowest BCUT2D eigenvalue weighted by Gasteiger charge is -2.14. The predicted molar refractivity (Wildman–Crippen MR) is 167 cm³/mol. The zero-order chi connectivity index (χ0) is 25.8. The number of fused-ring (bicyclic) bond motifs is 5. The summed E-state index contributed by atoms with van der Waals surface area (Å²) >= 11 is 0. The fraction of sp³-hybridized carbons (Fsp3) is 0. The van der Waals surface area contributed by atoms with E-state index in [1.807, 2.05) is 0 Å². The number of nitrogens with zero attached hydrogens (tertiary/aromatic N) is 1. The SMILES string of the molecule is c1ccc(-n2c3ccccc3c3ccc(-c4ccc(-c5cccc6ccccc56)c5ccccc45)cc32)cc1. The molecule has 0 saturated carbocycles. The van der Waals surface area contributed by atoms with Gasteiger partial charge in [0.15, 0.2) is 0 Å². The molecule has 0 spiro atoms. The van der Waals surface area contributed by atoms with Crippen molar-refractivity contribution >= 4 is 43.4 Å². The number of benzene rings is 7. The van der Waals surface area contributed by atoms with Crippen LogP contribution in [0.3, 0.4) is 0 Å². The summed E-state index contributed by atoms with van der Waals surface area (Å²) in [6.07, 6.45) is 0. The van der Waals surface area contributed by atoms with Crippen LogP contribution in [0, 0.1) is 0 Å². The van der Waals surface area contributed by atoms with Crippen LogP contribution in [0.5, 0.6) is 0 Å². The zero-order valence-electron chi connectivity index (χ0n) is 21.4. The zero-order valence-corrected chi connectivity index (χ0v) is 21.4. The summed E-state index contributed by atoms with van der Waals surface area (Å²) < 4.78 is 2.39. The van der Waals surface area contributed by atoms with Gasteiger partial charge in [0.2, 0.25) is 0 Å². The first-order valence-corrected chi connectivity index (χ1v) is 13.5. The molecule has 1 heterocycles. The Morgan fingerprint density at radius 1 is 0.333 bits per heavy atom. The number of hydrogen-bond acceptors (Lipinski definition) is 0. The van der Waals surface area contributed by atoms with Crippen molar-refractivity contribution in [3.63, 3.8) is 0 Å². The average Bonchev–Trinajstić information content (AvgIpc) is 3.34. The van der Waals surface area contributed by atoms with Gasteiger partial charge in [0.25, 0.3) is 0 Å². The molecular weight excluding hydrogens is 470 g/mol. The third kappa shape index (κ3) is 3.41. The minimum atomic E-state index is 1.18. The van der Waals surface area contributed by atoms with E-state index in [0.717, 1.165) is 0 Å². The van der Waals surface area contributed by atoms with Gasteiger partial charge < -0.3 is 4.57 Å². The molecule has 0 aliphatic rings. The van der Waals surface area contributed by atoms with Gasteiger partial charge in [-0.3, -0.25) is 0 Å². The van der Waals surface area contributed by atoms with Crippen LogP contribution >= 0.6 is 0 Å². The first kappa shape index (κ1) is 21.9. The van der Waals surface area contributed by atoms with Crippen LogP contribution in [0.1, 0.15) is 0 Å². The van der Waals surface area contributed by atoms with Gasteiger partial charge >= 0.3 is 0 Å². The highest BCUT2D eigenvalue weighted by molar-refractivity contribution is 6.13. The van der Waals surface area contributed by atoms with Crippen molar-refractivity contribution in [1.29, 1.82) is 0 Å². The topological polar surface area (TPSA) is 4.93 Å². The van der Waals surface area contributed by atoms with E-state index in [1.165, 1.54) is 71.3 Å². The van der Waals surface area contributed by atoms with E-state index >= 15 is 0 Å². The fourth-order valence-electron chi connectivity index (χ4n) is 6.24. The molecule has 8 aromatic rings. The molecule has 1 aromatic heterocycles. The Morgan fingerprint density at radius 2 is 0.923 bits per heavy atom. The van der Waals surface area contributed by atoms with Gasteiger partial charge in [-0.05, 0) is 68.1 Å². The van der Waals surface area contributed by atoms with Crippen molar-refractivity contribution in [2.75, 3.05) is 0 Å². The molecular formula is C38H25N. The molecule has 0 unspecified atom stereocenters. The smallest absolute Gasteiger partial charge is 0.0547 e. The molecule has 0 aliphatic carbocycles. The maximum Gasteiger partial charge on any atom is 0.0547 e. The summed E-state index contributed by atoms with van der Waals surface area (Å²) in [6.45, 7) is 0. The largest absolute Gasteiger partial charge is 0.309 e. The molecule has 0 saturated heterocycles. The molecule has 8 rings (SSSR count). The Morgan fingerprint density at radius 3 is 1.77 bits per heavy atom. The van der Waals surface area contributed by atoms with E-state index < -0.39 is 0 Å². The highest BCUT2D eigenvalue weighted by atomic mass is 15.0. The number of para-hydroxylation sites is 2. The second-order valence-electron chi connectivity index (χ2n) is 10.2. The summed E-state index contributed by atoms with van der Waals surface area (Å²) in [7, 11) is 0. The minimum Gasteiger partial charge on any atom is -0.309 e.